The molecule has 0 bridgehead atoms. The van der Waals surface area contributed by atoms with E-state index in [2.05, 4.69) is 25.2 Å². The van der Waals surface area contributed by atoms with Crippen molar-refractivity contribution in [1.29, 1.82) is 0 Å². The summed E-state index contributed by atoms with van der Waals surface area (Å²) in [6.45, 7) is 5.41. The van der Waals surface area contributed by atoms with Gasteiger partial charge in [0.1, 0.15) is 12.4 Å². The van der Waals surface area contributed by atoms with Crippen LogP contribution in [0.3, 0.4) is 0 Å². The highest BCUT2D eigenvalue weighted by Gasteiger charge is 2.01. The number of ether oxygens (including phenoxy) is 1. The van der Waals surface area contributed by atoms with Gasteiger partial charge in [-0.3, -0.25) is 0 Å². The molecule has 0 unspecified atom stereocenters. The topological polar surface area (TPSA) is 21.3 Å². The van der Waals surface area contributed by atoms with E-state index in [1.807, 2.05) is 18.2 Å². The lowest BCUT2D eigenvalue weighted by Crippen LogP contribution is -2.11. The largest absolute Gasteiger partial charge is 0.492 e. The maximum atomic E-state index is 6.08. The molecule has 0 atom stereocenters. The molecule has 0 aliphatic rings. The third-order valence-corrected chi connectivity index (χ3v) is 3.64. The molecule has 2 aromatic carbocycles. The van der Waals surface area contributed by atoms with Crippen LogP contribution in [0.4, 0.5) is 5.69 Å². The number of hydrogen-bond donors (Lipinski definition) is 1. The molecule has 0 spiro atoms. The number of hydrogen-bond acceptors (Lipinski definition) is 2. The molecule has 0 saturated carbocycles. The first-order chi connectivity index (χ1) is 9.56. The SMILES string of the molecule is Cc1ccc(OCCNc2ccc(Cl)cc2Cl)cc1C. The lowest BCUT2D eigenvalue weighted by atomic mass is 10.1. The van der Waals surface area contributed by atoms with Gasteiger partial charge in [-0.15, -0.1) is 0 Å². The van der Waals surface area contributed by atoms with Gasteiger partial charge >= 0.3 is 0 Å². The summed E-state index contributed by atoms with van der Waals surface area (Å²) in [6.07, 6.45) is 0. The van der Waals surface area contributed by atoms with Gasteiger partial charge in [-0.05, 0) is 55.3 Å². The van der Waals surface area contributed by atoms with Crippen LogP contribution in [0.25, 0.3) is 0 Å². The van der Waals surface area contributed by atoms with E-state index in [1.54, 1.807) is 12.1 Å². The standard InChI is InChI=1S/C16H17Cl2NO/c1-11-3-5-14(9-12(11)2)20-8-7-19-16-6-4-13(17)10-15(16)18/h3-6,9-10,19H,7-8H2,1-2H3. The van der Waals surface area contributed by atoms with Crippen LogP contribution in [0.5, 0.6) is 5.75 Å². The van der Waals surface area contributed by atoms with E-state index in [0.29, 0.717) is 23.2 Å². The van der Waals surface area contributed by atoms with Crippen molar-refractivity contribution in [3.05, 3.63) is 57.6 Å². The molecule has 0 aromatic heterocycles. The van der Waals surface area contributed by atoms with Crippen LogP contribution >= 0.6 is 23.2 Å². The van der Waals surface area contributed by atoms with Crippen molar-refractivity contribution in [3.8, 4) is 5.75 Å². The van der Waals surface area contributed by atoms with Crippen molar-refractivity contribution in [1.82, 2.24) is 0 Å². The molecule has 2 rings (SSSR count). The van der Waals surface area contributed by atoms with E-state index < -0.39 is 0 Å². The molecule has 1 N–H and O–H groups in total. The van der Waals surface area contributed by atoms with E-state index in [1.165, 1.54) is 11.1 Å². The smallest absolute Gasteiger partial charge is 0.119 e. The summed E-state index contributed by atoms with van der Waals surface area (Å²) in [4.78, 5) is 0. The lowest BCUT2D eigenvalue weighted by Gasteiger charge is -2.11. The first-order valence-electron chi connectivity index (χ1n) is 6.45. The molecule has 0 aliphatic heterocycles. The second-order valence-corrected chi connectivity index (χ2v) is 5.49. The Morgan fingerprint density at radius 1 is 1.00 bits per heavy atom. The summed E-state index contributed by atoms with van der Waals surface area (Å²) in [5, 5.41) is 4.47. The molecular weight excluding hydrogens is 293 g/mol. The van der Waals surface area contributed by atoms with Gasteiger partial charge < -0.3 is 10.1 Å². The third-order valence-electron chi connectivity index (χ3n) is 3.10. The van der Waals surface area contributed by atoms with E-state index in [4.69, 9.17) is 27.9 Å². The third kappa shape index (κ3) is 4.06. The zero-order valence-electron chi connectivity index (χ0n) is 11.5. The van der Waals surface area contributed by atoms with E-state index >= 15 is 0 Å². The van der Waals surface area contributed by atoms with Crippen LogP contribution in [0, 0.1) is 13.8 Å². The number of rotatable bonds is 5. The predicted molar refractivity (Wildman–Crippen MR) is 86.4 cm³/mol. The summed E-state index contributed by atoms with van der Waals surface area (Å²) < 4.78 is 5.70. The number of benzene rings is 2. The van der Waals surface area contributed by atoms with E-state index in [0.717, 1.165) is 11.4 Å². The Bertz CT molecular complexity index is 599. The fraction of sp³-hybridized carbons (Fsp3) is 0.250. The number of anilines is 1. The molecule has 0 aliphatic carbocycles. The molecule has 106 valence electrons. The van der Waals surface area contributed by atoms with Gasteiger partial charge in [0.25, 0.3) is 0 Å². The summed E-state index contributed by atoms with van der Waals surface area (Å²) in [7, 11) is 0. The van der Waals surface area contributed by atoms with Crippen LogP contribution in [0.15, 0.2) is 36.4 Å². The Hall–Kier alpha value is -1.38. The Morgan fingerprint density at radius 3 is 2.50 bits per heavy atom. The van der Waals surface area contributed by atoms with Crippen molar-refractivity contribution >= 4 is 28.9 Å². The average molecular weight is 310 g/mol. The molecule has 0 amide bonds. The molecule has 0 radical (unpaired) electrons. The van der Waals surface area contributed by atoms with Crippen molar-refractivity contribution in [3.63, 3.8) is 0 Å². The summed E-state index contributed by atoms with van der Waals surface area (Å²) in [5.41, 5.74) is 3.36. The van der Waals surface area contributed by atoms with Gasteiger partial charge in [0.15, 0.2) is 0 Å². The highest BCUT2D eigenvalue weighted by atomic mass is 35.5. The zero-order chi connectivity index (χ0) is 14.5. The fourth-order valence-corrected chi connectivity index (χ4v) is 2.27. The minimum atomic E-state index is 0.571. The van der Waals surface area contributed by atoms with Crippen molar-refractivity contribution in [2.45, 2.75) is 13.8 Å². The minimum absolute atomic E-state index is 0.571. The van der Waals surface area contributed by atoms with Gasteiger partial charge in [0.05, 0.1) is 10.7 Å². The number of nitrogens with one attached hydrogen (secondary N) is 1. The van der Waals surface area contributed by atoms with Crippen LogP contribution in [-0.2, 0) is 0 Å². The highest BCUT2D eigenvalue weighted by molar-refractivity contribution is 6.36. The highest BCUT2D eigenvalue weighted by Crippen LogP contribution is 2.25. The zero-order valence-corrected chi connectivity index (χ0v) is 13.1. The molecule has 4 heteroatoms. The predicted octanol–water partition coefficient (Wildman–Crippen LogP) is 5.10. The van der Waals surface area contributed by atoms with Crippen LogP contribution < -0.4 is 10.1 Å². The fourth-order valence-electron chi connectivity index (χ4n) is 1.79. The quantitative estimate of drug-likeness (QED) is 0.776. The normalized spacial score (nSPS) is 10.4. The molecule has 2 nitrogen and oxygen atoms in total. The molecule has 2 aromatic rings. The van der Waals surface area contributed by atoms with Crippen LogP contribution in [-0.4, -0.2) is 13.2 Å². The van der Waals surface area contributed by atoms with Gasteiger partial charge in [-0.1, -0.05) is 29.3 Å². The number of halogens is 2. The first kappa shape index (κ1) is 15.0. The van der Waals surface area contributed by atoms with Gasteiger partial charge in [0, 0.05) is 11.6 Å². The van der Waals surface area contributed by atoms with Crippen LogP contribution in [0.2, 0.25) is 10.0 Å². The maximum absolute atomic E-state index is 6.08. The summed E-state index contributed by atoms with van der Waals surface area (Å²) >= 11 is 11.9. The monoisotopic (exact) mass is 309 g/mol. The number of aryl methyl sites for hydroxylation is 2. The molecule has 0 fully saturated rings. The molecule has 0 heterocycles. The molecule has 20 heavy (non-hydrogen) atoms. The van der Waals surface area contributed by atoms with Gasteiger partial charge in [-0.2, -0.15) is 0 Å². The second kappa shape index (κ2) is 6.87. The van der Waals surface area contributed by atoms with Gasteiger partial charge in [0.2, 0.25) is 0 Å². The van der Waals surface area contributed by atoms with Crippen molar-refractivity contribution < 1.29 is 4.74 Å². The van der Waals surface area contributed by atoms with Gasteiger partial charge in [-0.25, -0.2) is 0 Å². The molecule has 0 saturated heterocycles. The van der Waals surface area contributed by atoms with E-state index in [9.17, 15) is 0 Å². The Kier molecular flexibility index (Phi) is 5.16. The van der Waals surface area contributed by atoms with Crippen molar-refractivity contribution in [2.24, 2.45) is 0 Å². The first-order valence-corrected chi connectivity index (χ1v) is 7.21. The Morgan fingerprint density at radius 2 is 1.80 bits per heavy atom. The lowest BCUT2D eigenvalue weighted by molar-refractivity contribution is 0.332. The minimum Gasteiger partial charge on any atom is -0.492 e. The van der Waals surface area contributed by atoms with Crippen molar-refractivity contribution in [2.75, 3.05) is 18.5 Å². The summed E-state index contributed by atoms with van der Waals surface area (Å²) in [6, 6.07) is 11.5. The van der Waals surface area contributed by atoms with Crippen LogP contribution in [0.1, 0.15) is 11.1 Å². The maximum Gasteiger partial charge on any atom is 0.119 e. The average Bonchev–Trinajstić information content (AvgIpc) is 2.40. The summed E-state index contributed by atoms with van der Waals surface area (Å²) in [5.74, 6) is 0.886. The Labute approximate surface area is 129 Å². The van der Waals surface area contributed by atoms with E-state index in [-0.39, 0.29) is 0 Å². The second-order valence-electron chi connectivity index (χ2n) is 4.65. The molecular formula is C16H17Cl2NO. The Balaban J connectivity index is 1.82.